The Morgan fingerprint density at radius 1 is 0.857 bits per heavy atom. The maximum absolute atomic E-state index is 13.9. The zero-order valence-electron chi connectivity index (χ0n) is 20.5. The van der Waals surface area contributed by atoms with Crippen LogP contribution < -0.4 is 0 Å². The molecule has 0 N–H and O–H groups in total. The van der Waals surface area contributed by atoms with Gasteiger partial charge in [0.1, 0.15) is 6.04 Å². The van der Waals surface area contributed by atoms with Gasteiger partial charge in [-0.15, -0.1) is 0 Å². The number of likely N-dealkylation sites (N-methyl/N-ethyl adjacent to an activating group) is 1. The number of carbonyl (C=O) groups excluding carboxylic acids is 2. The summed E-state index contributed by atoms with van der Waals surface area (Å²) in [6.07, 6.45) is 0.518. The van der Waals surface area contributed by atoms with Crippen LogP contribution in [-0.2, 0) is 24.3 Å². The fourth-order valence-electron chi connectivity index (χ4n) is 5.28. The molecule has 0 saturated carbocycles. The van der Waals surface area contributed by atoms with Crippen molar-refractivity contribution >= 4 is 11.8 Å². The average Bonchev–Trinajstić information content (AvgIpc) is 3.09. The minimum absolute atomic E-state index is 0.0339. The van der Waals surface area contributed by atoms with E-state index >= 15 is 0 Å². The summed E-state index contributed by atoms with van der Waals surface area (Å²) in [5.41, 5.74) is 8.27. The van der Waals surface area contributed by atoms with Crippen LogP contribution in [0.1, 0.15) is 38.2 Å². The fraction of sp³-hybridized carbons (Fsp3) is 0.226. The van der Waals surface area contributed by atoms with E-state index in [9.17, 15) is 9.59 Å². The van der Waals surface area contributed by atoms with Crippen LogP contribution in [0.2, 0.25) is 0 Å². The molecule has 0 saturated heterocycles. The molecule has 4 heteroatoms. The van der Waals surface area contributed by atoms with E-state index in [-0.39, 0.29) is 11.8 Å². The molecule has 0 bridgehead atoms. The van der Waals surface area contributed by atoms with E-state index in [4.69, 9.17) is 0 Å². The second-order valence-electron chi connectivity index (χ2n) is 9.64. The van der Waals surface area contributed by atoms with Crippen molar-refractivity contribution in [3.63, 3.8) is 0 Å². The molecule has 1 unspecified atom stereocenters. The predicted molar refractivity (Wildman–Crippen MR) is 139 cm³/mol. The van der Waals surface area contributed by atoms with Gasteiger partial charge in [0, 0.05) is 32.1 Å². The number of fused-ring (bicyclic) bond motifs is 2. The fourth-order valence-corrected chi connectivity index (χ4v) is 5.28. The van der Waals surface area contributed by atoms with Crippen LogP contribution in [0.3, 0.4) is 0 Å². The van der Waals surface area contributed by atoms with E-state index in [0.29, 0.717) is 25.1 Å². The molecule has 1 heterocycles. The number of aryl methyl sites for hydroxylation is 2. The van der Waals surface area contributed by atoms with Crippen LogP contribution in [-0.4, -0.2) is 34.7 Å². The molecule has 35 heavy (non-hydrogen) atoms. The van der Waals surface area contributed by atoms with E-state index in [0.717, 1.165) is 27.8 Å². The third kappa shape index (κ3) is 4.57. The summed E-state index contributed by atoms with van der Waals surface area (Å²) in [7, 11) is 1.83. The zero-order chi connectivity index (χ0) is 24.5. The van der Waals surface area contributed by atoms with E-state index in [2.05, 4.69) is 44.2 Å². The second kappa shape index (κ2) is 9.38. The van der Waals surface area contributed by atoms with Crippen LogP contribution in [0.25, 0.3) is 11.1 Å². The molecule has 3 aliphatic rings. The Morgan fingerprint density at radius 2 is 1.54 bits per heavy atom. The van der Waals surface area contributed by atoms with Crippen molar-refractivity contribution in [3.05, 3.63) is 118 Å². The quantitative estimate of drug-likeness (QED) is 0.394. The molecule has 2 aliphatic carbocycles. The minimum Gasteiger partial charge on any atom is -0.340 e. The monoisotopic (exact) mass is 462 g/mol. The van der Waals surface area contributed by atoms with Gasteiger partial charge in [-0.1, -0.05) is 90.0 Å². The molecule has 176 valence electrons. The first kappa shape index (κ1) is 22.9. The van der Waals surface area contributed by atoms with E-state index < -0.39 is 6.04 Å². The van der Waals surface area contributed by atoms with Gasteiger partial charge in [-0.3, -0.25) is 9.59 Å². The van der Waals surface area contributed by atoms with E-state index in [1.807, 2.05) is 61.6 Å². The summed E-state index contributed by atoms with van der Waals surface area (Å²) < 4.78 is 0. The van der Waals surface area contributed by atoms with Crippen LogP contribution in [0.5, 0.6) is 0 Å². The molecule has 2 aromatic carbocycles. The highest BCUT2D eigenvalue weighted by molar-refractivity contribution is 6.04. The van der Waals surface area contributed by atoms with Gasteiger partial charge < -0.3 is 9.80 Å². The highest BCUT2D eigenvalue weighted by Crippen LogP contribution is 2.32. The molecule has 0 aromatic heterocycles. The Balaban J connectivity index is 1.47. The standard InChI is InChI=1S/C31H30N2O2/c1-21-15-22(2)17-23(16-21)19-32(3)31(35)29-18-25-10-7-8-11-26(25)20-33(29)30(34)28-14-13-24-9-5-4-6-12-27(24)28/h4-17,29H,18-20H2,1-3H3. The number of nitrogens with zero attached hydrogens (tertiary/aromatic N) is 2. The topological polar surface area (TPSA) is 40.6 Å². The SMILES string of the molecule is Cc1cc(C)cc(CN(C)C(=O)C2Cc3ccccc3CN2C(=O)c2ccc3cccccc2-3)c1. The van der Waals surface area contributed by atoms with Crippen molar-refractivity contribution < 1.29 is 9.59 Å². The summed E-state index contributed by atoms with van der Waals surface area (Å²) in [6, 6.07) is 27.7. The maximum Gasteiger partial charge on any atom is 0.255 e. The van der Waals surface area contributed by atoms with Crippen molar-refractivity contribution in [2.45, 2.75) is 39.4 Å². The van der Waals surface area contributed by atoms with Gasteiger partial charge >= 0.3 is 0 Å². The van der Waals surface area contributed by atoms with Gasteiger partial charge in [-0.05, 0) is 47.7 Å². The molecular formula is C31H30N2O2. The lowest BCUT2D eigenvalue weighted by molar-refractivity contribution is -0.135. The molecule has 4 nitrogen and oxygen atoms in total. The molecule has 1 aliphatic heterocycles. The van der Waals surface area contributed by atoms with Crippen LogP contribution in [0.15, 0.2) is 84.9 Å². The second-order valence-corrected chi connectivity index (χ2v) is 9.64. The van der Waals surface area contributed by atoms with Crippen molar-refractivity contribution in [1.29, 1.82) is 0 Å². The first-order chi connectivity index (χ1) is 16.9. The van der Waals surface area contributed by atoms with Gasteiger partial charge in [0.15, 0.2) is 0 Å². The molecule has 2 amide bonds. The normalized spacial score (nSPS) is 15.1. The van der Waals surface area contributed by atoms with Gasteiger partial charge in [-0.25, -0.2) is 0 Å². The first-order valence-electron chi connectivity index (χ1n) is 12.1. The molecule has 2 aromatic rings. The van der Waals surface area contributed by atoms with Crippen molar-refractivity contribution in [2.75, 3.05) is 7.05 Å². The van der Waals surface area contributed by atoms with Crippen molar-refractivity contribution in [1.82, 2.24) is 9.80 Å². The Kier molecular flexibility index (Phi) is 6.12. The maximum atomic E-state index is 13.9. The summed E-state index contributed by atoms with van der Waals surface area (Å²) in [5, 5.41) is 0. The van der Waals surface area contributed by atoms with Gasteiger partial charge in [0.2, 0.25) is 5.91 Å². The van der Waals surface area contributed by atoms with Gasteiger partial charge in [0.25, 0.3) is 5.91 Å². The Bertz CT molecular complexity index is 1360. The van der Waals surface area contributed by atoms with Crippen LogP contribution in [0, 0.1) is 13.8 Å². The Morgan fingerprint density at radius 3 is 2.31 bits per heavy atom. The summed E-state index contributed by atoms with van der Waals surface area (Å²) in [4.78, 5) is 31.3. The summed E-state index contributed by atoms with van der Waals surface area (Å²) >= 11 is 0. The third-order valence-corrected chi connectivity index (χ3v) is 6.89. The van der Waals surface area contributed by atoms with Gasteiger partial charge in [-0.2, -0.15) is 0 Å². The molecule has 5 rings (SSSR count). The lowest BCUT2D eigenvalue weighted by atomic mass is 9.92. The van der Waals surface area contributed by atoms with E-state index in [1.165, 1.54) is 11.1 Å². The lowest BCUT2D eigenvalue weighted by Crippen LogP contribution is -2.52. The third-order valence-electron chi connectivity index (χ3n) is 6.89. The van der Waals surface area contributed by atoms with Crippen molar-refractivity contribution in [3.8, 4) is 11.1 Å². The number of amides is 2. The summed E-state index contributed by atoms with van der Waals surface area (Å²) in [5.74, 6) is -0.132. The average molecular weight is 463 g/mol. The minimum atomic E-state index is -0.546. The molecule has 0 spiro atoms. The predicted octanol–water partition coefficient (Wildman–Crippen LogP) is 5.63. The summed E-state index contributed by atoms with van der Waals surface area (Å²) in [6.45, 7) is 5.08. The number of hydrogen-bond acceptors (Lipinski definition) is 2. The number of rotatable bonds is 4. The smallest absolute Gasteiger partial charge is 0.255 e. The first-order valence-corrected chi connectivity index (χ1v) is 12.1. The van der Waals surface area contributed by atoms with Crippen molar-refractivity contribution in [2.24, 2.45) is 0 Å². The zero-order valence-corrected chi connectivity index (χ0v) is 20.5. The van der Waals surface area contributed by atoms with Crippen LogP contribution in [0.4, 0.5) is 0 Å². The Labute approximate surface area is 207 Å². The number of carbonyl (C=O) groups is 2. The van der Waals surface area contributed by atoms with Gasteiger partial charge in [0.05, 0.1) is 0 Å². The molecular weight excluding hydrogens is 432 g/mol. The number of hydrogen-bond donors (Lipinski definition) is 0. The Hall–Kier alpha value is -3.92. The molecule has 0 radical (unpaired) electrons. The largest absolute Gasteiger partial charge is 0.340 e. The van der Waals surface area contributed by atoms with E-state index in [1.54, 1.807) is 9.80 Å². The lowest BCUT2D eigenvalue weighted by Gasteiger charge is -2.38. The van der Waals surface area contributed by atoms with Crippen LogP contribution >= 0.6 is 0 Å². The highest BCUT2D eigenvalue weighted by Gasteiger charge is 2.37. The highest BCUT2D eigenvalue weighted by atomic mass is 16.2. The molecule has 0 fully saturated rings. The molecule has 1 atom stereocenters. The number of benzene rings is 2.